The van der Waals surface area contributed by atoms with Gasteiger partial charge in [-0.25, -0.2) is 13.2 Å². The van der Waals surface area contributed by atoms with Gasteiger partial charge in [0.25, 0.3) is 10.0 Å². The molecule has 0 atom stereocenters. The van der Waals surface area contributed by atoms with Crippen molar-refractivity contribution >= 4 is 16.0 Å². The van der Waals surface area contributed by atoms with Crippen molar-refractivity contribution in [3.8, 4) is 5.75 Å². The Morgan fingerprint density at radius 2 is 2.11 bits per heavy atom. The molecule has 1 aliphatic heterocycles. The number of aromatic carboxylic acids is 1. The molecule has 1 aliphatic rings. The van der Waals surface area contributed by atoms with E-state index in [4.69, 9.17) is 9.94 Å². The van der Waals surface area contributed by atoms with Gasteiger partial charge in [0.15, 0.2) is 0 Å². The second-order valence-corrected chi connectivity index (χ2v) is 5.53. The zero-order chi connectivity index (χ0) is 13.3. The minimum Gasteiger partial charge on any atom is -0.507 e. The van der Waals surface area contributed by atoms with Gasteiger partial charge in [0.05, 0.1) is 11.5 Å². The Labute approximate surface area is 103 Å². The van der Waals surface area contributed by atoms with E-state index in [1.165, 1.54) is 0 Å². The molecular formula is C10H11NO6S. The van der Waals surface area contributed by atoms with Crippen LogP contribution >= 0.6 is 0 Å². The van der Waals surface area contributed by atoms with E-state index >= 15 is 0 Å². The molecule has 0 radical (unpaired) electrons. The molecule has 0 spiro atoms. The van der Waals surface area contributed by atoms with Gasteiger partial charge in [-0.3, -0.25) is 4.84 Å². The van der Waals surface area contributed by atoms with Crippen LogP contribution in [0.4, 0.5) is 0 Å². The van der Waals surface area contributed by atoms with Crippen molar-refractivity contribution < 1.29 is 28.3 Å². The number of rotatable bonds is 3. The summed E-state index contributed by atoms with van der Waals surface area (Å²) in [5.74, 6) is -1.88. The van der Waals surface area contributed by atoms with Crippen LogP contribution in [0.25, 0.3) is 0 Å². The van der Waals surface area contributed by atoms with E-state index in [1.54, 1.807) is 0 Å². The maximum Gasteiger partial charge on any atom is 0.339 e. The number of hydroxylamine groups is 1. The predicted octanol–water partition coefficient (Wildman–Crippen LogP) is 0.416. The molecule has 1 fully saturated rings. The van der Waals surface area contributed by atoms with Gasteiger partial charge >= 0.3 is 5.97 Å². The summed E-state index contributed by atoms with van der Waals surface area (Å²) in [4.78, 5) is 15.5. The summed E-state index contributed by atoms with van der Waals surface area (Å²) in [5, 5.41) is 18.1. The van der Waals surface area contributed by atoms with Crippen molar-refractivity contribution in [1.82, 2.24) is 4.47 Å². The van der Waals surface area contributed by atoms with E-state index in [0.717, 1.165) is 22.7 Å². The molecule has 0 amide bonds. The van der Waals surface area contributed by atoms with Crippen molar-refractivity contribution in [2.75, 3.05) is 13.2 Å². The van der Waals surface area contributed by atoms with E-state index in [1.807, 2.05) is 0 Å². The molecule has 0 bridgehead atoms. The zero-order valence-corrected chi connectivity index (χ0v) is 10.1. The Balaban J connectivity index is 2.45. The van der Waals surface area contributed by atoms with Crippen LogP contribution in [0.2, 0.25) is 0 Å². The topological polar surface area (TPSA) is 104 Å². The average Bonchev–Trinajstić information content (AvgIpc) is 2.82. The zero-order valence-electron chi connectivity index (χ0n) is 9.24. The smallest absolute Gasteiger partial charge is 0.339 e. The standard InChI is InChI=1S/C10H11NO6S/c12-9-3-2-7(6-8(9)10(13)14)18(15,16)11-4-1-5-17-11/h2-3,6,12H,1,4-5H2,(H,13,14). The second kappa shape index (κ2) is 4.56. The highest BCUT2D eigenvalue weighted by molar-refractivity contribution is 7.89. The number of benzene rings is 1. The molecule has 0 aromatic heterocycles. The van der Waals surface area contributed by atoms with Crippen LogP contribution in [-0.4, -0.2) is 42.2 Å². The molecule has 1 saturated heterocycles. The summed E-state index contributed by atoms with van der Waals surface area (Å²) in [5.41, 5.74) is -0.463. The van der Waals surface area contributed by atoms with Gasteiger partial charge in [-0.2, -0.15) is 0 Å². The Kier molecular flexibility index (Phi) is 3.24. The van der Waals surface area contributed by atoms with E-state index in [2.05, 4.69) is 0 Å². The van der Waals surface area contributed by atoms with Crippen LogP contribution < -0.4 is 0 Å². The number of carbonyl (C=O) groups is 1. The van der Waals surface area contributed by atoms with Crippen LogP contribution in [0.3, 0.4) is 0 Å². The fraction of sp³-hybridized carbons (Fsp3) is 0.300. The molecule has 1 heterocycles. The molecule has 8 heteroatoms. The van der Waals surface area contributed by atoms with Crippen LogP contribution in [0, 0.1) is 0 Å². The Hall–Kier alpha value is -1.64. The Bertz CT molecular complexity index is 576. The molecule has 7 nitrogen and oxygen atoms in total. The first-order valence-corrected chi connectivity index (χ1v) is 6.59. The highest BCUT2D eigenvalue weighted by Crippen LogP contribution is 2.25. The largest absolute Gasteiger partial charge is 0.507 e. The van der Waals surface area contributed by atoms with E-state index in [9.17, 15) is 18.3 Å². The number of carboxylic acid groups (broad SMARTS) is 1. The summed E-state index contributed by atoms with van der Waals surface area (Å²) in [7, 11) is -3.87. The second-order valence-electron chi connectivity index (χ2n) is 3.70. The summed E-state index contributed by atoms with van der Waals surface area (Å²) in [6.07, 6.45) is 0.586. The van der Waals surface area contributed by atoms with Gasteiger partial charge in [-0.1, -0.05) is 4.47 Å². The molecule has 2 N–H and O–H groups in total. The molecule has 98 valence electrons. The molecule has 0 aliphatic carbocycles. The number of phenols is 1. The number of carboxylic acids is 1. The van der Waals surface area contributed by atoms with Crippen LogP contribution in [0.5, 0.6) is 5.75 Å². The first kappa shape index (κ1) is 12.8. The van der Waals surface area contributed by atoms with E-state index in [0.29, 0.717) is 13.0 Å². The lowest BCUT2D eigenvalue weighted by Crippen LogP contribution is -2.26. The van der Waals surface area contributed by atoms with Gasteiger partial charge in [-0.15, -0.1) is 0 Å². The van der Waals surface area contributed by atoms with Gasteiger partial charge in [-0.05, 0) is 24.6 Å². The summed E-state index contributed by atoms with van der Waals surface area (Å²) >= 11 is 0. The van der Waals surface area contributed by atoms with Crippen LogP contribution in [-0.2, 0) is 14.9 Å². The van der Waals surface area contributed by atoms with E-state index in [-0.39, 0.29) is 11.4 Å². The minimum absolute atomic E-state index is 0.223. The molecular weight excluding hydrogens is 262 g/mol. The molecule has 1 aromatic rings. The van der Waals surface area contributed by atoms with Gasteiger partial charge < -0.3 is 10.2 Å². The van der Waals surface area contributed by atoms with Crippen LogP contribution in [0.15, 0.2) is 23.1 Å². The molecule has 18 heavy (non-hydrogen) atoms. The lowest BCUT2D eigenvalue weighted by molar-refractivity contribution is -0.0284. The normalized spacial score (nSPS) is 16.9. The first-order valence-electron chi connectivity index (χ1n) is 5.15. The van der Waals surface area contributed by atoms with Crippen molar-refractivity contribution in [2.24, 2.45) is 0 Å². The van der Waals surface area contributed by atoms with Crippen molar-refractivity contribution in [3.63, 3.8) is 0 Å². The van der Waals surface area contributed by atoms with Crippen molar-refractivity contribution in [3.05, 3.63) is 23.8 Å². The monoisotopic (exact) mass is 273 g/mol. The third-order valence-electron chi connectivity index (χ3n) is 2.48. The number of sulfonamides is 1. The number of hydrogen-bond acceptors (Lipinski definition) is 5. The average molecular weight is 273 g/mol. The van der Waals surface area contributed by atoms with Gasteiger partial charge in [0.2, 0.25) is 0 Å². The van der Waals surface area contributed by atoms with Gasteiger partial charge in [0, 0.05) is 6.54 Å². The number of nitrogens with zero attached hydrogens (tertiary/aromatic N) is 1. The fourth-order valence-electron chi connectivity index (χ4n) is 1.58. The summed E-state index contributed by atoms with van der Waals surface area (Å²) in [6.45, 7) is 0.536. The number of hydrogen-bond donors (Lipinski definition) is 2. The lowest BCUT2D eigenvalue weighted by atomic mass is 10.2. The highest BCUT2D eigenvalue weighted by atomic mass is 32.2. The lowest BCUT2D eigenvalue weighted by Gasteiger charge is -2.14. The molecule has 2 rings (SSSR count). The maximum atomic E-state index is 12.0. The molecule has 0 saturated carbocycles. The summed E-state index contributed by atoms with van der Waals surface area (Å²) < 4.78 is 24.9. The van der Waals surface area contributed by atoms with Gasteiger partial charge in [0.1, 0.15) is 11.3 Å². The number of aromatic hydroxyl groups is 1. The third kappa shape index (κ3) is 2.17. The molecule has 1 aromatic carbocycles. The molecule has 0 unspecified atom stereocenters. The third-order valence-corrected chi connectivity index (χ3v) is 4.16. The highest BCUT2D eigenvalue weighted by Gasteiger charge is 2.29. The predicted molar refractivity (Wildman–Crippen MR) is 59.5 cm³/mol. The fourth-order valence-corrected chi connectivity index (χ4v) is 2.90. The maximum absolute atomic E-state index is 12.0. The van der Waals surface area contributed by atoms with Crippen LogP contribution in [0.1, 0.15) is 16.8 Å². The minimum atomic E-state index is -3.87. The Morgan fingerprint density at radius 1 is 1.39 bits per heavy atom. The van der Waals surface area contributed by atoms with Crippen molar-refractivity contribution in [1.29, 1.82) is 0 Å². The SMILES string of the molecule is O=C(O)c1cc(S(=O)(=O)N2CCCO2)ccc1O. The Morgan fingerprint density at radius 3 is 2.67 bits per heavy atom. The summed E-state index contributed by atoms with van der Waals surface area (Å²) in [6, 6.07) is 3.08. The van der Waals surface area contributed by atoms with Crippen molar-refractivity contribution in [2.45, 2.75) is 11.3 Å². The first-order chi connectivity index (χ1) is 8.43. The van der Waals surface area contributed by atoms with E-state index < -0.39 is 27.3 Å². The quantitative estimate of drug-likeness (QED) is 0.827.